The summed E-state index contributed by atoms with van der Waals surface area (Å²) in [5.41, 5.74) is 6.59. The minimum Gasteiger partial charge on any atom is -0.469 e. The average molecular weight is 258 g/mol. The van der Waals surface area contributed by atoms with Crippen LogP contribution in [0.25, 0.3) is 0 Å². The molecule has 0 aliphatic carbocycles. The molecule has 1 aliphatic rings. The normalized spacial score (nSPS) is 14.5. The number of carbonyl (C=O) groups is 1. The summed E-state index contributed by atoms with van der Waals surface area (Å²) >= 11 is 6.01. The molecule has 2 N–H and O–H groups in total. The van der Waals surface area contributed by atoms with Gasteiger partial charge in [-0.1, -0.05) is 11.6 Å². The summed E-state index contributed by atoms with van der Waals surface area (Å²) in [6.45, 7) is 0.144. The van der Waals surface area contributed by atoms with Gasteiger partial charge in [-0.05, 0) is 17.7 Å². The molecular weight excluding hydrogens is 246 g/mol. The van der Waals surface area contributed by atoms with Gasteiger partial charge in [-0.25, -0.2) is 0 Å². The molecule has 1 unspecified atom stereocenters. The van der Waals surface area contributed by atoms with Gasteiger partial charge in [0, 0.05) is 6.04 Å². The molecule has 1 aliphatic heterocycles. The highest BCUT2D eigenvalue weighted by molar-refractivity contribution is 6.32. The number of esters is 1. The van der Waals surface area contributed by atoms with E-state index in [9.17, 15) is 4.79 Å². The van der Waals surface area contributed by atoms with Crippen molar-refractivity contribution in [1.82, 2.24) is 0 Å². The van der Waals surface area contributed by atoms with Crippen LogP contribution in [0.2, 0.25) is 5.02 Å². The highest BCUT2D eigenvalue weighted by atomic mass is 35.5. The Bertz CT molecular complexity index is 449. The second-order valence-corrected chi connectivity index (χ2v) is 4.03. The number of halogens is 1. The number of nitrogens with two attached hydrogens (primary N) is 1. The molecule has 17 heavy (non-hydrogen) atoms. The van der Waals surface area contributed by atoms with E-state index in [4.69, 9.17) is 26.8 Å². The summed E-state index contributed by atoms with van der Waals surface area (Å²) in [7, 11) is 1.32. The van der Waals surface area contributed by atoms with Crippen molar-refractivity contribution in [2.45, 2.75) is 12.5 Å². The number of rotatable bonds is 3. The summed E-state index contributed by atoms with van der Waals surface area (Å²) < 4.78 is 15.0. The fraction of sp³-hybridized carbons (Fsp3) is 0.364. The van der Waals surface area contributed by atoms with Crippen LogP contribution in [0.5, 0.6) is 11.5 Å². The Balaban J connectivity index is 2.22. The van der Waals surface area contributed by atoms with Crippen molar-refractivity contribution in [3.63, 3.8) is 0 Å². The van der Waals surface area contributed by atoms with Crippen molar-refractivity contribution in [2.24, 2.45) is 5.73 Å². The number of methoxy groups -OCH3 is 1. The van der Waals surface area contributed by atoms with E-state index in [1.807, 2.05) is 0 Å². The minimum absolute atomic E-state index is 0.0898. The lowest BCUT2D eigenvalue weighted by Crippen LogP contribution is -2.16. The fourth-order valence-corrected chi connectivity index (χ4v) is 1.86. The van der Waals surface area contributed by atoms with Crippen LogP contribution in [-0.2, 0) is 9.53 Å². The van der Waals surface area contributed by atoms with Gasteiger partial charge in [0.05, 0.1) is 18.6 Å². The molecule has 0 spiro atoms. The first-order chi connectivity index (χ1) is 8.11. The lowest BCUT2D eigenvalue weighted by atomic mass is 10.0. The van der Waals surface area contributed by atoms with Gasteiger partial charge >= 0.3 is 5.97 Å². The van der Waals surface area contributed by atoms with Gasteiger partial charge in [-0.2, -0.15) is 0 Å². The van der Waals surface area contributed by atoms with Crippen LogP contribution in [0.4, 0.5) is 0 Å². The first kappa shape index (κ1) is 12.0. The van der Waals surface area contributed by atoms with Gasteiger partial charge in [-0.15, -0.1) is 0 Å². The molecule has 1 atom stereocenters. The number of hydrogen-bond donors (Lipinski definition) is 1. The molecule has 0 saturated heterocycles. The molecule has 5 nitrogen and oxygen atoms in total. The van der Waals surface area contributed by atoms with E-state index in [0.717, 1.165) is 0 Å². The van der Waals surface area contributed by atoms with Crippen LogP contribution in [0, 0.1) is 0 Å². The molecule has 92 valence electrons. The van der Waals surface area contributed by atoms with Crippen LogP contribution in [0.1, 0.15) is 18.0 Å². The number of ether oxygens (including phenoxy) is 3. The summed E-state index contributed by atoms with van der Waals surface area (Å²) in [5.74, 6) is 0.694. The summed E-state index contributed by atoms with van der Waals surface area (Å²) in [5, 5.41) is 0.426. The van der Waals surface area contributed by atoms with Gasteiger partial charge in [-0.3, -0.25) is 4.79 Å². The summed E-state index contributed by atoms with van der Waals surface area (Å²) in [4.78, 5) is 11.1. The molecule has 1 aromatic carbocycles. The third-order valence-corrected chi connectivity index (χ3v) is 2.77. The van der Waals surface area contributed by atoms with Crippen LogP contribution in [0.3, 0.4) is 0 Å². The predicted molar refractivity (Wildman–Crippen MR) is 61.1 cm³/mol. The maximum absolute atomic E-state index is 11.1. The van der Waals surface area contributed by atoms with E-state index in [-0.39, 0.29) is 19.2 Å². The molecule has 6 heteroatoms. The van der Waals surface area contributed by atoms with Crippen molar-refractivity contribution in [3.05, 3.63) is 22.7 Å². The topological polar surface area (TPSA) is 70.8 Å². The van der Waals surface area contributed by atoms with E-state index in [1.165, 1.54) is 7.11 Å². The smallest absolute Gasteiger partial charge is 0.307 e. The lowest BCUT2D eigenvalue weighted by molar-refractivity contribution is -0.141. The van der Waals surface area contributed by atoms with Gasteiger partial charge in [0.15, 0.2) is 11.5 Å². The number of carbonyl (C=O) groups excluding carboxylic acids is 1. The summed E-state index contributed by atoms with van der Waals surface area (Å²) in [6, 6.07) is 2.92. The van der Waals surface area contributed by atoms with E-state index in [0.29, 0.717) is 22.1 Å². The third kappa shape index (κ3) is 2.45. The molecular formula is C11H12ClNO4. The average Bonchev–Trinajstić information content (AvgIpc) is 2.77. The zero-order valence-corrected chi connectivity index (χ0v) is 9.99. The molecule has 0 fully saturated rings. The van der Waals surface area contributed by atoms with Crippen LogP contribution < -0.4 is 15.2 Å². The molecule has 0 aromatic heterocycles. The molecule has 0 bridgehead atoms. The van der Waals surface area contributed by atoms with Crippen molar-refractivity contribution in [3.8, 4) is 11.5 Å². The zero-order chi connectivity index (χ0) is 12.4. The van der Waals surface area contributed by atoms with Gasteiger partial charge in [0.25, 0.3) is 0 Å². The molecule has 1 heterocycles. The Hall–Kier alpha value is -1.46. The second-order valence-electron chi connectivity index (χ2n) is 3.62. The Morgan fingerprint density at radius 3 is 3.06 bits per heavy atom. The Morgan fingerprint density at radius 1 is 1.59 bits per heavy atom. The SMILES string of the molecule is COC(=O)CC(N)c1cc(Cl)c2c(c1)OCO2. The van der Waals surface area contributed by atoms with E-state index < -0.39 is 6.04 Å². The monoisotopic (exact) mass is 257 g/mol. The second kappa shape index (κ2) is 4.81. The van der Waals surface area contributed by atoms with Crippen LogP contribution in [0.15, 0.2) is 12.1 Å². The summed E-state index contributed by atoms with van der Waals surface area (Å²) in [6.07, 6.45) is 0.0898. The largest absolute Gasteiger partial charge is 0.469 e. The van der Waals surface area contributed by atoms with Crippen molar-refractivity contribution >= 4 is 17.6 Å². The van der Waals surface area contributed by atoms with Crippen LogP contribution >= 0.6 is 11.6 Å². The molecule has 0 radical (unpaired) electrons. The number of benzene rings is 1. The molecule has 0 amide bonds. The zero-order valence-electron chi connectivity index (χ0n) is 9.23. The number of fused-ring (bicyclic) bond motifs is 1. The third-order valence-electron chi connectivity index (χ3n) is 2.49. The first-order valence-corrected chi connectivity index (χ1v) is 5.41. The van der Waals surface area contributed by atoms with E-state index in [1.54, 1.807) is 12.1 Å². The van der Waals surface area contributed by atoms with Crippen LogP contribution in [-0.4, -0.2) is 19.9 Å². The molecule has 0 saturated carbocycles. The van der Waals surface area contributed by atoms with Crippen molar-refractivity contribution in [2.75, 3.05) is 13.9 Å². The van der Waals surface area contributed by atoms with E-state index >= 15 is 0 Å². The first-order valence-electron chi connectivity index (χ1n) is 5.03. The quantitative estimate of drug-likeness (QED) is 0.834. The van der Waals surface area contributed by atoms with E-state index in [2.05, 4.69) is 4.74 Å². The van der Waals surface area contributed by atoms with Gasteiger partial charge < -0.3 is 19.9 Å². The Labute approximate surface area is 103 Å². The lowest BCUT2D eigenvalue weighted by Gasteiger charge is -2.12. The predicted octanol–water partition coefficient (Wildman–Crippen LogP) is 1.63. The standard InChI is InChI=1S/C11H12ClNO4/c1-15-10(14)4-8(13)6-2-7(12)11-9(3-6)16-5-17-11/h2-3,8H,4-5,13H2,1H3. The minimum atomic E-state index is -0.477. The van der Waals surface area contributed by atoms with Gasteiger partial charge in [0.2, 0.25) is 6.79 Å². The molecule has 2 rings (SSSR count). The van der Waals surface area contributed by atoms with Crippen molar-refractivity contribution < 1.29 is 19.0 Å². The highest BCUT2D eigenvalue weighted by Crippen LogP contribution is 2.41. The highest BCUT2D eigenvalue weighted by Gasteiger charge is 2.21. The van der Waals surface area contributed by atoms with Gasteiger partial charge in [0.1, 0.15) is 0 Å². The Kier molecular flexibility index (Phi) is 3.40. The van der Waals surface area contributed by atoms with Crippen molar-refractivity contribution in [1.29, 1.82) is 0 Å². The fourth-order valence-electron chi connectivity index (χ4n) is 1.58. The maximum atomic E-state index is 11.1. The Morgan fingerprint density at radius 2 is 2.35 bits per heavy atom. The number of hydrogen-bond acceptors (Lipinski definition) is 5. The maximum Gasteiger partial charge on any atom is 0.307 e. The molecule has 1 aromatic rings.